The number of aryl methyl sites for hydroxylation is 1. The molecule has 0 saturated heterocycles. The lowest BCUT2D eigenvalue weighted by Gasteiger charge is -2.26. The number of aliphatic carboxylic acids is 1. The van der Waals surface area contributed by atoms with E-state index in [1.807, 2.05) is 6.07 Å². The minimum absolute atomic E-state index is 0.194. The quantitative estimate of drug-likeness (QED) is 0.647. The molecule has 0 unspecified atom stereocenters. The Morgan fingerprint density at radius 2 is 1.84 bits per heavy atom. The third-order valence-electron chi connectivity index (χ3n) is 3.51. The van der Waals surface area contributed by atoms with Crippen LogP contribution in [0.15, 0.2) is 6.07 Å². The minimum atomic E-state index is -1.45. The van der Waals surface area contributed by atoms with Gasteiger partial charge in [-0.3, -0.25) is 4.79 Å². The zero-order valence-electron chi connectivity index (χ0n) is 10.4. The molecular formula is C14H14O5. The van der Waals surface area contributed by atoms with Gasteiger partial charge in [0, 0.05) is 5.56 Å². The number of rotatable bonds is 2. The Labute approximate surface area is 110 Å². The lowest BCUT2D eigenvalue weighted by molar-refractivity contribution is -0.131. The van der Waals surface area contributed by atoms with E-state index in [2.05, 4.69) is 0 Å². The van der Waals surface area contributed by atoms with Crippen molar-refractivity contribution in [2.24, 2.45) is 0 Å². The van der Waals surface area contributed by atoms with Gasteiger partial charge in [-0.15, -0.1) is 0 Å². The number of Topliss-reactive ketones (excluding diaryl/α,β-unsaturated/α-hetero) is 1. The van der Waals surface area contributed by atoms with Crippen molar-refractivity contribution >= 4 is 11.8 Å². The van der Waals surface area contributed by atoms with Gasteiger partial charge in [0.25, 0.3) is 5.78 Å². The molecule has 2 heterocycles. The van der Waals surface area contributed by atoms with E-state index in [1.165, 1.54) is 0 Å². The molecule has 1 N–H and O–H groups in total. The van der Waals surface area contributed by atoms with Crippen LogP contribution in [-0.4, -0.2) is 30.1 Å². The number of ketones is 1. The fourth-order valence-corrected chi connectivity index (χ4v) is 2.67. The highest BCUT2D eigenvalue weighted by Crippen LogP contribution is 2.39. The van der Waals surface area contributed by atoms with Crippen molar-refractivity contribution in [3.05, 3.63) is 22.8 Å². The van der Waals surface area contributed by atoms with Crippen LogP contribution in [0, 0.1) is 0 Å². The number of fused-ring (bicyclic) bond motifs is 2. The van der Waals surface area contributed by atoms with Gasteiger partial charge in [0.15, 0.2) is 0 Å². The minimum Gasteiger partial charge on any atom is -0.493 e. The standard InChI is InChI=1S/C14H14O5/c15-12(14(16)17)11-9-4-2-5-18-10(9)7-8-3-1-6-19-13(8)11/h7H,1-6H2,(H,16,17). The molecule has 0 amide bonds. The Morgan fingerprint density at radius 1 is 1.11 bits per heavy atom. The summed E-state index contributed by atoms with van der Waals surface area (Å²) in [5.74, 6) is -1.26. The number of carbonyl (C=O) groups excluding carboxylic acids is 1. The number of carbonyl (C=O) groups is 2. The number of hydrogen-bond acceptors (Lipinski definition) is 4. The second-order valence-electron chi connectivity index (χ2n) is 4.75. The number of benzene rings is 1. The van der Waals surface area contributed by atoms with Crippen molar-refractivity contribution in [3.63, 3.8) is 0 Å². The molecule has 3 rings (SSSR count). The summed E-state index contributed by atoms with van der Waals surface area (Å²) in [6, 6.07) is 1.89. The molecule has 2 aliphatic rings. The van der Waals surface area contributed by atoms with Crippen molar-refractivity contribution in [1.82, 2.24) is 0 Å². The van der Waals surface area contributed by atoms with E-state index >= 15 is 0 Å². The maximum absolute atomic E-state index is 12.0. The maximum atomic E-state index is 12.0. The summed E-state index contributed by atoms with van der Waals surface area (Å²) in [5, 5.41) is 8.99. The predicted molar refractivity (Wildman–Crippen MR) is 66.0 cm³/mol. The highest BCUT2D eigenvalue weighted by Gasteiger charge is 2.31. The van der Waals surface area contributed by atoms with Gasteiger partial charge >= 0.3 is 5.97 Å². The highest BCUT2D eigenvalue weighted by molar-refractivity contribution is 6.41. The molecule has 0 bridgehead atoms. The second-order valence-corrected chi connectivity index (χ2v) is 4.75. The first-order valence-corrected chi connectivity index (χ1v) is 6.40. The molecule has 0 atom stereocenters. The maximum Gasteiger partial charge on any atom is 0.377 e. The smallest absolute Gasteiger partial charge is 0.377 e. The van der Waals surface area contributed by atoms with Gasteiger partial charge in [0.2, 0.25) is 0 Å². The van der Waals surface area contributed by atoms with E-state index in [0.717, 1.165) is 24.8 Å². The molecule has 5 heteroatoms. The summed E-state index contributed by atoms with van der Waals surface area (Å²) < 4.78 is 11.1. The van der Waals surface area contributed by atoms with Crippen LogP contribution in [-0.2, 0) is 17.6 Å². The monoisotopic (exact) mass is 262 g/mol. The first-order chi connectivity index (χ1) is 9.18. The van der Waals surface area contributed by atoms with E-state index < -0.39 is 11.8 Å². The first kappa shape index (κ1) is 12.0. The van der Waals surface area contributed by atoms with Crippen LogP contribution in [0.5, 0.6) is 11.5 Å². The molecule has 1 aromatic carbocycles. The summed E-state index contributed by atoms with van der Waals surface area (Å²) in [7, 11) is 0. The third kappa shape index (κ3) is 1.95. The third-order valence-corrected chi connectivity index (χ3v) is 3.51. The van der Waals surface area contributed by atoms with Gasteiger partial charge in [0.05, 0.1) is 18.8 Å². The first-order valence-electron chi connectivity index (χ1n) is 6.40. The average Bonchev–Trinajstić information content (AvgIpc) is 2.43. The molecule has 2 aliphatic heterocycles. The number of ether oxygens (including phenoxy) is 2. The van der Waals surface area contributed by atoms with E-state index in [1.54, 1.807) is 0 Å². The molecule has 0 aliphatic carbocycles. The van der Waals surface area contributed by atoms with Crippen LogP contribution >= 0.6 is 0 Å². The Bertz CT molecular complexity index is 527. The topological polar surface area (TPSA) is 72.8 Å². The zero-order valence-corrected chi connectivity index (χ0v) is 10.4. The summed E-state index contributed by atoms with van der Waals surface area (Å²) in [5.41, 5.74) is 1.75. The van der Waals surface area contributed by atoms with Crippen molar-refractivity contribution in [2.75, 3.05) is 13.2 Å². The Kier molecular flexibility index (Phi) is 2.89. The molecule has 0 fully saturated rings. The molecule has 0 spiro atoms. The average molecular weight is 262 g/mol. The second kappa shape index (κ2) is 4.57. The molecule has 19 heavy (non-hydrogen) atoms. The predicted octanol–water partition coefficient (Wildman–Crippen LogP) is 1.60. The lowest BCUT2D eigenvalue weighted by Crippen LogP contribution is -2.22. The van der Waals surface area contributed by atoms with Crippen molar-refractivity contribution < 1.29 is 24.2 Å². The van der Waals surface area contributed by atoms with Gasteiger partial charge in [-0.25, -0.2) is 4.79 Å². The zero-order chi connectivity index (χ0) is 13.4. The molecule has 100 valence electrons. The Hall–Kier alpha value is -2.04. The SMILES string of the molecule is O=C(O)C(=O)c1c2c(cc3c1OCCC3)OCCC2. The van der Waals surface area contributed by atoms with E-state index in [9.17, 15) is 9.59 Å². The fraction of sp³-hybridized carbons (Fsp3) is 0.429. The number of carboxylic acids is 1. The molecule has 0 aromatic heterocycles. The van der Waals surface area contributed by atoms with Crippen LogP contribution in [0.1, 0.15) is 34.3 Å². The number of carboxylic acid groups (broad SMARTS) is 1. The normalized spacial score (nSPS) is 16.6. The largest absolute Gasteiger partial charge is 0.493 e. The molecule has 5 nitrogen and oxygen atoms in total. The van der Waals surface area contributed by atoms with Crippen molar-refractivity contribution in [1.29, 1.82) is 0 Å². The Balaban J connectivity index is 2.22. The molecule has 0 radical (unpaired) electrons. The van der Waals surface area contributed by atoms with E-state index in [-0.39, 0.29) is 5.56 Å². The van der Waals surface area contributed by atoms with Gasteiger partial charge in [0.1, 0.15) is 11.5 Å². The molecule has 1 aromatic rings. The molecular weight excluding hydrogens is 248 g/mol. The van der Waals surface area contributed by atoms with Crippen molar-refractivity contribution in [3.8, 4) is 11.5 Å². The summed E-state index contributed by atoms with van der Waals surface area (Å²) in [4.78, 5) is 23.0. The van der Waals surface area contributed by atoms with Crippen LogP contribution < -0.4 is 9.47 Å². The Morgan fingerprint density at radius 3 is 2.63 bits per heavy atom. The van der Waals surface area contributed by atoms with Gasteiger partial charge in [-0.1, -0.05) is 0 Å². The summed E-state index contributed by atoms with van der Waals surface area (Å²) >= 11 is 0. The van der Waals surface area contributed by atoms with Gasteiger partial charge in [-0.05, 0) is 37.3 Å². The van der Waals surface area contributed by atoms with Gasteiger partial charge in [-0.2, -0.15) is 0 Å². The van der Waals surface area contributed by atoms with Gasteiger partial charge < -0.3 is 14.6 Å². The highest BCUT2D eigenvalue weighted by atomic mass is 16.5. The van der Waals surface area contributed by atoms with Crippen LogP contribution in [0.4, 0.5) is 0 Å². The van der Waals surface area contributed by atoms with Crippen molar-refractivity contribution in [2.45, 2.75) is 25.7 Å². The van der Waals surface area contributed by atoms with Crippen LogP contribution in [0.25, 0.3) is 0 Å². The fourth-order valence-electron chi connectivity index (χ4n) is 2.67. The lowest BCUT2D eigenvalue weighted by atomic mass is 9.91. The summed E-state index contributed by atoms with van der Waals surface area (Å²) in [6.45, 7) is 1.12. The summed E-state index contributed by atoms with van der Waals surface area (Å²) in [6.07, 6.45) is 3.09. The van der Waals surface area contributed by atoms with E-state index in [0.29, 0.717) is 36.7 Å². The molecule has 0 saturated carbocycles. The van der Waals surface area contributed by atoms with Crippen LogP contribution in [0.2, 0.25) is 0 Å². The number of hydrogen-bond donors (Lipinski definition) is 1. The van der Waals surface area contributed by atoms with Crippen LogP contribution in [0.3, 0.4) is 0 Å². The van der Waals surface area contributed by atoms with E-state index in [4.69, 9.17) is 14.6 Å².